The van der Waals surface area contributed by atoms with Gasteiger partial charge in [0.05, 0.1) is 19.0 Å². The Morgan fingerprint density at radius 1 is 0.303 bits per heavy atom. The van der Waals surface area contributed by atoms with E-state index in [0.29, 0.717) is 31.4 Å². The van der Waals surface area contributed by atoms with E-state index in [1.54, 1.807) is 109 Å². The zero-order valence-electron chi connectivity index (χ0n) is 52.1. The molecular weight excluding hydrogens is 1440 g/mol. The predicted molar refractivity (Wildman–Crippen MR) is 365 cm³/mol. The van der Waals surface area contributed by atoms with Crippen molar-refractivity contribution in [2.75, 3.05) is 0 Å². The fraction of sp³-hybridized carbons (Fsp3) is 0.253. The Morgan fingerprint density at radius 3 is 0.980 bits per heavy atom. The Morgan fingerprint density at radius 2 is 0.606 bits per heavy atom. The summed E-state index contributed by atoms with van der Waals surface area (Å²) in [5, 5.41) is 0. The van der Waals surface area contributed by atoms with Gasteiger partial charge in [0.1, 0.15) is 0 Å². The highest BCUT2D eigenvalue weighted by Crippen LogP contribution is 2.77. The van der Waals surface area contributed by atoms with Gasteiger partial charge < -0.3 is 0 Å². The van der Waals surface area contributed by atoms with Gasteiger partial charge >= 0.3 is 53.3 Å². The van der Waals surface area contributed by atoms with Crippen LogP contribution in [0.4, 0.5) is 79.0 Å². The van der Waals surface area contributed by atoms with Crippen LogP contribution >= 0.6 is 69.7 Å². The molecule has 24 heteroatoms. The van der Waals surface area contributed by atoms with Crippen molar-refractivity contribution in [3.8, 4) is 10.4 Å². The largest absolute Gasteiger partial charge is 0.380 e. The van der Waals surface area contributed by atoms with Crippen molar-refractivity contribution in [2.24, 2.45) is 0 Å². The molecule has 6 aromatic rings. The Bertz CT molecular complexity index is 4760. The van der Waals surface area contributed by atoms with E-state index in [4.69, 9.17) is 0 Å². The molecule has 5 aliphatic carbocycles. The van der Waals surface area contributed by atoms with Gasteiger partial charge in [0.2, 0.25) is 0 Å². The van der Waals surface area contributed by atoms with E-state index < -0.39 is 128 Å². The van der Waals surface area contributed by atoms with Crippen LogP contribution < -0.4 is 0 Å². The number of hydrogen-bond donors (Lipinski definition) is 0. The smallest absolute Gasteiger partial charge is 0.194 e. The summed E-state index contributed by atoms with van der Waals surface area (Å²) in [6.07, 6.45) is 13.6. The molecule has 9 aliphatic rings. The van der Waals surface area contributed by atoms with Crippen LogP contribution in [0.25, 0.3) is 55.7 Å². The van der Waals surface area contributed by atoms with E-state index in [-0.39, 0.29) is 52.3 Å². The van der Waals surface area contributed by atoms with E-state index in [0.717, 1.165) is 75.8 Å². The van der Waals surface area contributed by atoms with E-state index in [1.165, 1.54) is 108 Å². The predicted octanol–water partition coefficient (Wildman–Crippen LogP) is 25.0. The number of thioether (sulfide) groups is 4. The molecule has 0 unspecified atom stereocenters. The van der Waals surface area contributed by atoms with Crippen LogP contribution in [-0.4, -0.2) is 72.3 Å². The summed E-state index contributed by atoms with van der Waals surface area (Å²) < 4.78 is 284. The van der Waals surface area contributed by atoms with Gasteiger partial charge in [-0.3, -0.25) is 0 Å². The average molecular weight is 1480 g/mol. The number of benzene rings is 4. The Labute approximate surface area is 580 Å². The summed E-state index contributed by atoms with van der Waals surface area (Å²) in [4.78, 5) is 1.60. The van der Waals surface area contributed by atoms with Crippen LogP contribution in [-0.2, 0) is 0 Å². The number of alkyl halides is 18. The Kier molecular flexibility index (Phi) is 14.9. The molecule has 0 N–H and O–H groups in total. The molecule has 0 bridgehead atoms. The number of hydrogen-bond acceptors (Lipinski definition) is 6. The van der Waals surface area contributed by atoms with Crippen LogP contribution in [0.5, 0.6) is 0 Å². The maximum atomic E-state index is 16.4. The lowest BCUT2D eigenvalue weighted by Crippen LogP contribution is -2.48. The number of allylic oxidation sites excluding steroid dienone is 12. The molecule has 0 saturated heterocycles. The molecule has 6 heterocycles. The number of aryl methyl sites for hydroxylation is 2. The quantitative estimate of drug-likeness (QED) is 0.119. The van der Waals surface area contributed by atoms with E-state index >= 15 is 79.0 Å². The molecule has 2 fully saturated rings. The third-order valence-electron chi connectivity index (χ3n) is 20.2. The summed E-state index contributed by atoms with van der Waals surface area (Å²) in [5.41, 5.74) is -9.35. The number of halogens is 18. The molecule has 0 spiro atoms. The lowest BCUT2D eigenvalue weighted by atomic mass is 9.71. The van der Waals surface area contributed by atoms with Crippen molar-refractivity contribution >= 4 is 115 Å². The van der Waals surface area contributed by atoms with Gasteiger partial charge in [0, 0.05) is 72.6 Å². The second kappa shape index (κ2) is 21.7. The van der Waals surface area contributed by atoms with Gasteiger partial charge in [0.25, 0.3) is 0 Å². The second-order valence-corrected chi connectivity index (χ2v) is 34.4. The molecule has 510 valence electrons. The average Bonchev–Trinajstić information content (AvgIpc) is 1.49. The van der Waals surface area contributed by atoms with Gasteiger partial charge in [0.15, 0.2) is 0 Å². The summed E-state index contributed by atoms with van der Waals surface area (Å²) in [6, 6.07) is 32.0. The van der Waals surface area contributed by atoms with Crippen molar-refractivity contribution in [3.63, 3.8) is 0 Å². The fourth-order valence-corrected chi connectivity index (χ4v) is 22.9. The molecule has 0 radical (unpaired) electrons. The van der Waals surface area contributed by atoms with Gasteiger partial charge in [-0.15, -0.1) is 69.7 Å². The lowest BCUT2D eigenvalue weighted by molar-refractivity contribution is -0.258. The number of thiophene rings is 2. The molecule has 4 atom stereocenters. The molecule has 4 aliphatic heterocycles. The minimum absolute atomic E-state index is 0.0320. The highest BCUT2D eigenvalue weighted by atomic mass is 32.2. The molecule has 0 amide bonds. The van der Waals surface area contributed by atoms with E-state index in [9.17, 15) is 0 Å². The summed E-state index contributed by atoms with van der Waals surface area (Å²) in [5.74, 6) is -49.6. The fourth-order valence-electron chi connectivity index (χ4n) is 14.8. The van der Waals surface area contributed by atoms with Gasteiger partial charge in [-0.2, -0.15) is 79.0 Å². The highest BCUT2D eigenvalue weighted by Gasteiger charge is 2.86. The summed E-state index contributed by atoms with van der Waals surface area (Å²) >= 11 is 5.85. The zero-order valence-corrected chi connectivity index (χ0v) is 57.0. The Hall–Kier alpha value is -6.70. The second-order valence-electron chi connectivity index (χ2n) is 26.0. The van der Waals surface area contributed by atoms with Crippen molar-refractivity contribution in [1.82, 2.24) is 0 Å². The first-order valence-corrected chi connectivity index (χ1v) is 35.4. The topological polar surface area (TPSA) is 0 Å². The first-order chi connectivity index (χ1) is 46.1. The van der Waals surface area contributed by atoms with Gasteiger partial charge in [-0.05, 0) is 181 Å². The zero-order chi connectivity index (χ0) is 71.0. The van der Waals surface area contributed by atoms with Gasteiger partial charge in [-0.1, -0.05) is 109 Å². The third-order valence-corrected chi connectivity index (χ3v) is 28.9. The minimum atomic E-state index is -5.87. The van der Waals surface area contributed by atoms with Gasteiger partial charge in [-0.25, -0.2) is 0 Å². The molecule has 4 aromatic carbocycles. The molecule has 2 aromatic heterocycles. The van der Waals surface area contributed by atoms with Crippen LogP contribution in [0.2, 0.25) is 0 Å². The molecule has 15 rings (SSSR count). The Balaban J connectivity index is 0.838. The van der Waals surface area contributed by atoms with E-state index in [2.05, 4.69) is 0 Å². The summed E-state index contributed by atoms with van der Waals surface area (Å²) in [7, 11) is 0. The van der Waals surface area contributed by atoms with Crippen molar-refractivity contribution < 1.29 is 79.0 Å². The van der Waals surface area contributed by atoms with Crippen molar-refractivity contribution in [2.45, 2.75) is 114 Å². The highest BCUT2D eigenvalue weighted by molar-refractivity contribution is 8.13. The lowest BCUT2D eigenvalue weighted by Gasteiger charge is -2.47. The van der Waals surface area contributed by atoms with Crippen molar-refractivity contribution in [1.29, 1.82) is 0 Å². The summed E-state index contributed by atoms with van der Waals surface area (Å²) in [6.45, 7) is 8.78. The first kappa shape index (κ1) is 68.1. The van der Waals surface area contributed by atoms with Crippen LogP contribution in [0.3, 0.4) is 0 Å². The number of rotatable bonds is 11. The van der Waals surface area contributed by atoms with Crippen LogP contribution in [0, 0.1) is 13.8 Å². The number of fused-ring (bicyclic) bond motifs is 8. The first-order valence-electron chi connectivity index (χ1n) is 30.5. The third kappa shape index (κ3) is 9.01. The van der Waals surface area contributed by atoms with E-state index in [1.807, 2.05) is 0 Å². The monoisotopic (exact) mass is 1480 g/mol. The maximum absolute atomic E-state index is 16.4. The molecule has 99 heavy (non-hydrogen) atoms. The minimum Gasteiger partial charge on any atom is -0.194 e. The molecule has 0 nitrogen and oxygen atoms in total. The normalized spacial score (nSPS) is 28.8. The van der Waals surface area contributed by atoms with Crippen molar-refractivity contribution in [3.05, 3.63) is 266 Å². The standard InChI is InChI=1S/C75H48F18S6/c1-37-48(57-58(68(78,79)73(88,89)67(57,76)77)49-34-54(95-38(49)2)42-16-10-7-11-17-42)31-45(94-37)25-22-39-28-40(23-26-46-32-50-59-61(71(84,85)74(90,91)69(59,80)81)52-35-55(43-18-12-8-13-19-43)98-65(52,5)63(50,3)96-46)30-41(29-39)24-27-47-33-51-60-62(72(86,87)75(92,93)70(60,82)83)53-36-56(44-20-14-9-15-21-44)99-66(53,6)64(51,4)97-47/h7-36H,1-6H3/b25-22+,26-23+,27-24+/t63-,64-,65-,66-/m0/s1. The molecule has 2 saturated carbocycles. The molecular formula is C75H48F18S6. The SMILES string of the molecule is Cc1sc(/C=C/c2cc(/C=C/C3=CC4=C5C(=C6C=C(c7ccccc7)S[C@]6(C)[C@@]4(C)S3)C(F)(F)C(F)(F)C5(F)F)cc(/C=C/C3=CC4=C5C(=C6C=C(c7ccccc7)S[C@]6(C)[C@@]4(C)S3)C(F)(F)C(F)(F)C5(F)F)c2)cc1C1=C(c2cc(-c3ccccc3)sc2C)C(F)(F)C(F)(F)C1(F)F. The maximum Gasteiger partial charge on any atom is 0.380 e. The van der Waals surface area contributed by atoms with Crippen LogP contribution in [0.1, 0.15) is 81.3 Å². The van der Waals surface area contributed by atoms with Crippen LogP contribution in [0.15, 0.2) is 212 Å².